The minimum absolute atomic E-state index is 0.633. The number of nitrogens with two attached hydrogens (primary N) is 1. The second-order valence-corrected chi connectivity index (χ2v) is 5.49. The Hall–Kier alpha value is -1.55. The summed E-state index contributed by atoms with van der Waals surface area (Å²) in [5.74, 6) is 0.633. The van der Waals surface area contributed by atoms with Gasteiger partial charge >= 0.3 is 0 Å². The van der Waals surface area contributed by atoms with Crippen molar-refractivity contribution in [2.45, 2.75) is 26.2 Å². The van der Waals surface area contributed by atoms with E-state index in [9.17, 15) is 0 Å². The number of hydrogen-bond acceptors (Lipinski definition) is 4. The lowest BCUT2D eigenvalue weighted by molar-refractivity contribution is 0.707. The number of benzene rings is 1. The monoisotopic (exact) mass is 275 g/mol. The van der Waals surface area contributed by atoms with Gasteiger partial charge in [0.05, 0.1) is 5.56 Å². The van der Waals surface area contributed by atoms with Gasteiger partial charge in [0.15, 0.2) is 0 Å². The van der Waals surface area contributed by atoms with Crippen LogP contribution in [0.15, 0.2) is 30.3 Å². The molecule has 19 heavy (non-hydrogen) atoms. The number of rotatable bonds is 6. The maximum atomic E-state index is 6.04. The highest BCUT2D eigenvalue weighted by Gasteiger charge is 2.16. The number of anilines is 2. The maximum absolute atomic E-state index is 6.04. The predicted octanol–water partition coefficient (Wildman–Crippen LogP) is 4.02. The molecule has 0 fully saturated rings. The van der Waals surface area contributed by atoms with Crippen LogP contribution >= 0.6 is 11.5 Å². The summed E-state index contributed by atoms with van der Waals surface area (Å²) in [6, 6.07) is 10.3. The molecule has 102 valence electrons. The number of nitrogens with zero attached hydrogens (tertiary/aromatic N) is 2. The van der Waals surface area contributed by atoms with E-state index >= 15 is 0 Å². The van der Waals surface area contributed by atoms with Crippen molar-refractivity contribution >= 4 is 22.4 Å². The lowest BCUT2D eigenvalue weighted by Gasteiger charge is -2.18. The van der Waals surface area contributed by atoms with E-state index in [1.54, 1.807) is 0 Å². The Morgan fingerprint density at radius 2 is 1.95 bits per heavy atom. The van der Waals surface area contributed by atoms with Crippen LogP contribution in [0.1, 0.15) is 26.2 Å². The molecule has 0 spiro atoms. The highest BCUT2D eigenvalue weighted by molar-refractivity contribution is 7.11. The van der Waals surface area contributed by atoms with Gasteiger partial charge in [-0.3, -0.25) is 0 Å². The molecule has 0 bridgehead atoms. The second kappa shape index (κ2) is 6.57. The summed E-state index contributed by atoms with van der Waals surface area (Å²) < 4.78 is 4.32. The van der Waals surface area contributed by atoms with Gasteiger partial charge in [0.1, 0.15) is 10.8 Å². The van der Waals surface area contributed by atoms with Gasteiger partial charge in [0.2, 0.25) is 0 Å². The van der Waals surface area contributed by atoms with Crippen LogP contribution in [-0.2, 0) is 0 Å². The Labute approximate surface area is 119 Å². The molecule has 0 saturated heterocycles. The van der Waals surface area contributed by atoms with Crippen molar-refractivity contribution < 1.29 is 0 Å². The largest absolute Gasteiger partial charge is 0.382 e. The van der Waals surface area contributed by atoms with Crippen LogP contribution in [0.2, 0.25) is 0 Å². The molecule has 1 aromatic carbocycles. The molecule has 0 atom stereocenters. The number of aromatic nitrogens is 1. The Morgan fingerprint density at radius 1 is 1.21 bits per heavy atom. The third-order valence-electron chi connectivity index (χ3n) is 3.21. The molecule has 2 aromatic rings. The molecule has 0 unspecified atom stereocenters. The van der Waals surface area contributed by atoms with Crippen LogP contribution in [0.3, 0.4) is 0 Å². The third-order valence-corrected chi connectivity index (χ3v) is 4.18. The van der Waals surface area contributed by atoms with Crippen molar-refractivity contribution in [2.75, 3.05) is 24.2 Å². The molecule has 1 heterocycles. The Kier molecular flexibility index (Phi) is 4.80. The molecule has 3 nitrogen and oxygen atoms in total. The SMILES string of the molecule is CCCCCN(C)c1snc(N)c1-c1ccccc1. The van der Waals surface area contributed by atoms with Crippen molar-refractivity contribution in [3.05, 3.63) is 30.3 Å². The zero-order chi connectivity index (χ0) is 13.7. The van der Waals surface area contributed by atoms with E-state index in [0.717, 1.165) is 17.7 Å². The van der Waals surface area contributed by atoms with Gasteiger partial charge in [-0.05, 0) is 23.5 Å². The third kappa shape index (κ3) is 3.26. The molecule has 4 heteroatoms. The van der Waals surface area contributed by atoms with Gasteiger partial charge in [-0.2, -0.15) is 4.37 Å². The van der Waals surface area contributed by atoms with Crippen LogP contribution in [-0.4, -0.2) is 18.0 Å². The Bertz CT molecular complexity index is 507. The summed E-state index contributed by atoms with van der Waals surface area (Å²) in [6.45, 7) is 3.27. The smallest absolute Gasteiger partial charge is 0.147 e. The van der Waals surface area contributed by atoms with Gasteiger partial charge in [0, 0.05) is 13.6 Å². The Balaban J connectivity index is 2.23. The highest BCUT2D eigenvalue weighted by atomic mass is 32.1. The first-order chi connectivity index (χ1) is 9.24. The molecule has 1 aromatic heterocycles. The molecular weight excluding hydrogens is 254 g/mol. The zero-order valence-corrected chi connectivity index (χ0v) is 12.4. The van der Waals surface area contributed by atoms with Gasteiger partial charge in [-0.25, -0.2) is 0 Å². The standard InChI is InChI=1S/C15H21N3S/c1-3-4-8-11-18(2)15-13(14(16)17-19-15)12-9-6-5-7-10-12/h5-7,9-10H,3-4,8,11H2,1-2H3,(H2,16,17). The molecule has 0 amide bonds. The molecule has 0 aliphatic carbocycles. The van der Waals surface area contributed by atoms with Crippen molar-refractivity contribution in [3.8, 4) is 11.1 Å². The average Bonchev–Trinajstić information content (AvgIpc) is 2.82. The van der Waals surface area contributed by atoms with E-state index < -0.39 is 0 Å². The summed E-state index contributed by atoms with van der Waals surface area (Å²) in [7, 11) is 2.12. The first-order valence-corrected chi connectivity index (χ1v) is 7.53. The summed E-state index contributed by atoms with van der Waals surface area (Å²) >= 11 is 1.49. The fraction of sp³-hybridized carbons (Fsp3) is 0.400. The lowest BCUT2D eigenvalue weighted by atomic mass is 10.1. The summed E-state index contributed by atoms with van der Waals surface area (Å²) in [6.07, 6.45) is 3.71. The first-order valence-electron chi connectivity index (χ1n) is 6.75. The minimum atomic E-state index is 0.633. The Morgan fingerprint density at radius 3 is 2.63 bits per heavy atom. The van der Waals surface area contributed by atoms with Gasteiger partial charge in [-0.15, -0.1) is 0 Å². The zero-order valence-electron chi connectivity index (χ0n) is 11.6. The normalized spacial score (nSPS) is 10.6. The topological polar surface area (TPSA) is 42.2 Å². The van der Waals surface area contributed by atoms with Crippen molar-refractivity contribution in [1.82, 2.24) is 4.37 Å². The van der Waals surface area contributed by atoms with Crippen molar-refractivity contribution in [2.24, 2.45) is 0 Å². The van der Waals surface area contributed by atoms with Crippen LogP contribution in [0.4, 0.5) is 10.8 Å². The molecule has 0 radical (unpaired) electrons. The number of hydrogen-bond donors (Lipinski definition) is 1. The van der Waals surface area contributed by atoms with E-state index in [1.165, 1.54) is 35.8 Å². The van der Waals surface area contributed by atoms with Crippen LogP contribution in [0, 0.1) is 0 Å². The van der Waals surface area contributed by atoms with Gasteiger partial charge in [-0.1, -0.05) is 50.1 Å². The quantitative estimate of drug-likeness (QED) is 0.810. The van der Waals surface area contributed by atoms with Crippen LogP contribution in [0.5, 0.6) is 0 Å². The number of nitrogen functional groups attached to an aromatic ring is 1. The van der Waals surface area contributed by atoms with E-state index in [-0.39, 0.29) is 0 Å². The molecule has 2 rings (SSSR count). The number of unbranched alkanes of at least 4 members (excludes halogenated alkanes) is 2. The van der Waals surface area contributed by atoms with Gasteiger partial charge in [0.25, 0.3) is 0 Å². The summed E-state index contributed by atoms with van der Waals surface area (Å²) in [5.41, 5.74) is 8.26. The molecule has 0 saturated carbocycles. The molecule has 2 N–H and O–H groups in total. The predicted molar refractivity (Wildman–Crippen MR) is 84.8 cm³/mol. The molecule has 0 aliphatic rings. The average molecular weight is 275 g/mol. The summed E-state index contributed by atoms with van der Waals surface area (Å²) in [5, 5.41) is 1.17. The van der Waals surface area contributed by atoms with Gasteiger partial charge < -0.3 is 10.6 Å². The van der Waals surface area contributed by atoms with Crippen LogP contribution < -0.4 is 10.6 Å². The van der Waals surface area contributed by atoms with Crippen molar-refractivity contribution in [1.29, 1.82) is 0 Å². The molecule has 0 aliphatic heterocycles. The first kappa shape index (κ1) is 13.9. The van der Waals surface area contributed by atoms with E-state index in [2.05, 4.69) is 35.4 Å². The highest BCUT2D eigenvalue weighted by Crippen LogP contribution is 2.38. The van der Waals surface area contributed by atoms with E-state index in [0.29, 0.717) is 5.82 Å². The van der Waals surface area contributed by atoms with Crippen LogP contribution in [0.25, 0.3) is 11.1 Å². The lowest BCUT2D eigenvalue weighted by Crippen LogP contribution is -2.17. The second-order valence-electron chi connectivity index (χ2n) is 4.74. The summed E-state index contributed by atoms with van der Waals surface area (Å²) in [4.78, 5) is 2.27. The van der Waals surface area contributed by atoms with Crippen molar-refractivity contribution in [3.63, 3.8) is 0 Å². The van der Waals surface area contributed by atoms with E-state index in [4.69, 9.17) is 5.73 Å². The fourth-order valence-electron chi connectivity index (χ4n) is 2.13. The fourth-order valence-corrected chi connectivity index (χ4v) is 2.95. The maximum Gasteiger partial charge on any atom is 0.147 e. The van der Waals surface area contributed by atoms with E-state index in [1.807, 2.05) is 18.2 Å². The minimum Gasteiger partial charge on any atom is -0.382 e. The molecular formula is C15H21N3S.